The van der Waals surface area contributed by atoms with Crippen LogP contribution in [0.2, 0.25) is 0 Å². The number of pyridine rings is 1. The van der Waals surface area contributed by atoms with Gasteiger partial charge in [0.05, 0.1) is 18.2 Å². The Bertz CT molecular complexity index is 530. The predicted molar refractivity (Wildman–Crippen MR) is 71.6 cm³/mol. The number of hydrogen-bond donors (Lipinski definition) is 0. The van der Waals surface area contributed by atoms with Crippen LogP contribution >= 0.6 is 0 Å². The zero-order valence-corrected chi connectivity index (χ0v) is 11.2. The van der Waals surface area contributed by atoms with Crippen LogP contribution in [0, 0.1) is 6.92 Å². The molecule has 1 heterocycles. The standard InChI is InChI=1S/C15H17NO3/c1-11-8-12(4-5-13(18)19-2)14(16-9-11)15(10-17)6-3-7-15/h4-5,8-10H,3,6-7H2,1-2H3. The molecule has 4 nitrogen and oxygen atoms in total. The number of carbonyl (C=O) groups is 2. The first kappa shape index (κ1) is 13.5. The summed E-state index contributed by atoms with van der Waals surface area (Å²) < 4.78 is 4.58. The highest BCUT2D eigenvalue weighted by molar-refractivity contribution is 5.87. The predicted octanol–water partition coefficient (Wildman–Crippen LogP) is 2.20. The molecule has 0 aromatic carbocycles. The number of methoxy groups -OCH3 is 1. The maximum absolute atomic E-state index is 11.4. The van der Waals surface area contributed by atoms with Gasteiger partial charge in [-0.05, 0) is 43.0 Å². The van der Waals surface area contributed by atoms with E-state index in [4.69, 9.17) is 0 Å². The van der Waals surface area contributed by atoms with Crippen molar-refractivity contribution in [2.24, 2.45) is 0 Å². The first-order valence-corrected chi connectivity index (χ1v) is 6.31. The zero-order chi connectivity index (χ0) is 13.9. The van der Waals surface area contributed by atoms with Gasteiger partial charge in [-0.15, -0.1) is 0 Å². The summed E-state index contributed by atoms with van der Waals surface area (Å²) in [5.74, 6) is -0.416. The Balaban J connectivity index is 2.41. The van der Waals surface area contributed by atoms with Crippen LogP contribution < -0.4 is 0 Å². The molecule has 1 saturated carbocycles. The number of aryl methyl sites for hydroxylation is 1. The molecule has 4 heteroatoms. The van der Waals surface area contributed by atoms with Crippen molar-refractivity contribution in [3.05, 3.63) is 35.2 Å². The molecule has 0 atom stereocenters. The smallest absolute Gasteiger partial charge is 0.330 e. The van der Waals surface area contributed by atoms with Crippen molar-refractivity contribution < 1.29 is 14.3 Å². The molecule has 0 radical (unpaired) electrons. The average Bonchev–Trinajstić information content (AvgIpc) is 2.37. The second-order valence-electron chi connectivity index (χ2n) is 4.93. The minimum atomic E-state index is -0.469. The number of aldehydes is 1. The normalized spacial score (nSPS) is 16.9. The Labute approximate surface area is 112 Å². The van der Waals surface area contributed by atoms with E-state index in [1.54, 1.807) is 12.3 Å². The SMILES string of the molecule is COC(=O)C=Cc1cc(C)cnc1C1(C=O)CCC1. The monoisotopic (exact) mass is 259 g/mol. The van der Waals surface area contributed by atoms with Crippen LogP contribution in [0.15, 0.2) is 18.3 Å². The van der Waals surface area contributed by atoms with Crippen molar-refractivity contribution in [3.63, 3.8) is 0 Å². The Kier molecular flexibility index (Phi) is 3.79. The van der Waals surface area contributed by atoms with Crippen molar-refractivity contribution in [1.29, 1.82) is 0 Å². The second kappa shape index (κ2) is 5.34. The van der Waals surface area contributed by atoms with E-state index in [1.807, 2.05) is 13.0 Å². The van der Waals surface area contributed by atoms with E-state index in [0.29, 0.717) is 0 Å². The van der Waals surface area contributed by atoms with Crippen LogP contribution in [0.3, 0.4) is 0 Å². The topological polar surface area (TPSA) is 56.3 Å². The highest BCUT2D eigenvalue weighted by atomic mass is 16.5. The lowest BCUT2D eigenvalue weighted by molar-refractivity contribution is -0.134. The highest BCUT2D eigenvalue weighted by Gasteiger charge is 2.41. The van der Waals surface area contributed by atoms with Gasteiger partial charge in [0, 0.05) is 12.3 Å². The summed E-state index contributed by atoms with van der Waals surface area (Å²) >= 11 is 0. The van der Waals surface area contributed by atoms with Gasteiger partial charge in [-0.2, -0.15) is 0 Å². The van der Waals surface area contributed by atoms with Crippen LogP contribution in [0.1, 0.15) is 36.1 Å². The molecular formula is C15H17NO3. The van der Waals surface area contributed by atoms with Crippen LogP contribution in [0.25, 0.3) is 6.08 Å². The number of hydrogen-bond acceptors (Lipinski definition) is 4. The molecule has 1 aromatic heterocycles. The van der Waals surface area contributed by atoms with Crippen molar-refractivity contribution in [3.8, 4) is 0 Å². The van der Waals surface area contributed by atoms with E-state index < -0.39 is 11.4 Å². The van der Waals surface area contributed by atoms with E-state index in [1.165, 1.54) is 13.2 Å². The first-order chi connectivity index (χ1) is 9.11. The summed E-state index contributed by atoms with van der Waals surface area (Å²) in [6.07, 6.45) is 8.46. The van der Waals surface area contributed by atoms with E-state index in [2.05, 4.69) is 9.72 Å². The van der Waals surface area contributed by atoms with Crippen LogP contribution in [-0.4, -0.2) is 24.3 Å². The third kappa shape index (κ3) is 2.57. The molecule has 0 saturated heterocycles. The Morgan fingerprint density at radius 2 is 2.21 bits per heavy atom. The molecule has 0 amide bonds. The molecule has 1 aliphatic rings. The van der Waals surface area contributed by atoms with Gasteiger partial charge in [0.2, 0.25) is 0 Å². The fourth-order valence-corrected chi connectivity index (χ4v) is 2.33. The van der Waals surface area contributed by atoms with Crippen molar-refractivity contribution >= 4 is 18.3 Å². The molecule has 1 fully saturated rings. The third-order valence-electron chi connectivity index (χ3n) is 3.60. The molecular weight excluding hydrogens is 242 g/mol. The number of nitrogens with zero attached hydrogens (tertiary/aromatic N) is 1. The van der Waals surface area contributed by atoms with E-state index in [9.17, 15) is 9.59 Å². The minimum absolute atomic E-state index is 0.416. The van der Waals surface area contributed by atoms with Gasteiger partial charge in [0.1, 0.15) is 6.29 Å². The molecule has 0 spiro atoms. The largest absolute Gasteiger partial charge is 0.466 e. The molecule has 0 N–H and O–H groups in total. The quantitative estimate of drug-likeness (QED) is 0.472. The van der Waals surface area contributed by atoms with Gasteiger partial charge < -0.3 is 9.53 Å². The van der Waals surface area contributed by atoms with E-state index >= 15 is 0 Å². The fraction of sp³-hybridized carbons (Fsp3) is 0.400. The number of esters is 1. The molecule has 0 unspecified atom stereocenters. The fourth-order valence-electron chi connectivity index (χ4n) is 2.33. The van der Waals surface area contributed by atoms with Crippen molar-refractivity contribution in [2.75, 3.05) is 7.11 Å². The molecule has 2 rings (SSSR count). The van der Waals surface area contributed by atoms with E-state index in [0.717, 1.165) is 42.4 Å². The molecule has 0 bridgehead atoms. The van der Waals surface area contributed by atoms with Gasteiger partial charge >= 0.3 is 5.97 Å². The van der Waals surface area contributed by atoms with Gasteiger partial charge in [-0.3, -0.25) is 4.98 Å². The lowest BCUT2D eigenvalue weighted by Crippen LogP contribution is -2.37. The Morgan fingerprint density at radius 1 is 1.47 bits per heavy atom. The summed E-state index contributed by atoms with van der Waals surface area (Å²) in [4.78, 5) is 27.0. The lowest BCUT2D eigenvalue weighted by atomic mass is 9.66. The van der Waals surface area contributed by atoms with Gasteiger partial charge in [0.25, 0.3) is 0 Å². The molecule has 1 aliphatic carbocycles. The lowest BCUT2D eigenvalue weighted by Gasteiger charge is -2.37. The average molecular weight is 259 g/mol. The summed E-state index contributed by atoms with van der Waals surface area (Å²) in [5, 5.41) is 0. The van der Waals surface area contributed by atoms with Crippen LogP contribution in [0.4, 0.5) is 0 Å². The summed E-state index contributed by atoms with van der Waals surface area (Å²) in [5.41, 5.74) is 2.11. The van der Waals surface area contributed by atoms with Gasteiger partial charge in [-0.25, -0.2) is 4.79 Å². The first-order valence-electron chi connectivity index (χ1n) is 6.31. The number of ether oxygens (including phenoxy) is 1. The third-order valence-corrected chi connectivity index (χ3v) is 3.60. The van der Waals surface area contributed by atoms with E-state index in [-0.39, 0.29) is 0 Å². The molecule has 100 valence electrons. The minimum Gasteiger partial charge on any atom is -0.466 e. The summed E-state index contributed by atoms with van der Waals surface area (Å²) in [6, 6.07) is 1.94. The molecule has 19 heavy (non-hydrogen) atoms. The number of rotatable bonds is 4. The second-order valence-corrected chi connectivity index (χ2v) is 4.93. The molecule has 0 aliphatic heterocycles. The van der Waals surface area contributed by atoms with Gasteiger partial charge in [-0.1, -0.05) is 6.42 Å². The van der Waals surface area contributed by atoms with Crippen molar-refractivity contribution in [2.45, 2.75) is 31.6 Å². The summed E-state index contributed by atoms with van der Waals surface area (Å²) in [7, 11) is 1.33. The Hall–Kier alpha value is -1.97. The van der Waals surface area contributed by atoms with Gasteiger partial charge in [0.15, 0.2) is 0 Å². The highest BCUT2D eigenvalue weighted by Crippen LogP contribution is 2.42. The maximum atomic E-state index is 11.4. The summed E-state index contributed by atoms with van der Waals surface area (Å²) in [6.45, 7) is 1.93. The zero-order valence-electron chi connectivity index (χ0n) is 11.2. The number of carbonyl (C=O) groups excluding carboxylic acids is 2. The number of aromatic nitrogens is 1. The van der Waals surface area contributed by atoms with Crippen LogP contribution in [0.5, 0.6) is 0 Å². The maximum Gasteiger partial charge on any atom is 0.330 e. The van der Waals surface area contributed by atoms with Crippen molar-refractivity contribution in [1.82, 2.24) is 4.98 Å². The van der Waals surface area contributed by atoms with Crippen LogP contribution in [-0.2, 0) is 19.7 Å². The Morgan fingerprint density at radius 3 is 2.74 bits per heavy atom. The molecule has 1 aromatic rings.